The van der Waals surface area contributed by atoms with Gasteiger partial charge in [0, 0.05) is 42.8 Å². The highest BCUT2D eigenvalue weighted by molar-refractivity contribution is 7.92. The lowest BCUT2D eigenvalue weighted by Gasteiger charge is -2.23. The van der Waals surface area contributed by atoms with Gasteiger partial charge in [0.15, 0.2) is 0 Å². The summed E-state index contributed by atoms with van der Waals surface area (Å²) < 4.78 is 99.0. The van der Waals surface area contributed by atoms with Crippen LogP contribution >= 0.6 is 0 Å². The number of allylic oxidation sites excluding steroid dienone is 2. The zero-order chi connectivity index (χ0) is 60.9. The van der Waals surface area contributed by atoms with Crippen LogP contribution in [0, 0.1) is 11.6 Å². The summed E-state index contributed by atoms with van der Waals surface area (Å²) in [5.41, 5.74) is 4.00. The minimum absolute atomic E-state index is 0. The zero-order valence-electron chi connectivity index (χ0n) is 49.0. The fourth-order valence-corrected chi connectivity index (χ4v) is 9.02. The van der Waals surface area contributed by atoms with E-state index in [1.54, 1.807) is 30.4 Å². The summed E-state index contributed by atoms with van der Waals surface area (Å²) in [6.45, 7) is 29.0. The number of halogens is 2. The third kappa shape index (κ3) is 25.9. The molecule has 4 rings (SSSR count). The Morgan fingerprint density at radius 1 is 0.691 bits per heavy atom. The van der Waals surface area contributed by atoms with E-state index in [-0.39, 0.29) is 44.2 Å². The number of rotatable bonds is 26. The predicted molar refractivity (Wildman–Crippen MR) is 324 cm³/mol. The van der Waals surface area contributed by atoms with Gasteiger partial charge in [0.05, 0.1) is 60.7 Å². The van der Waals surface area contributed by atoms with Crippen molar-refractivity contribution in [1.82, 2.24) is 19.9 Å². The number of Topliss-reactive ketones (excluding diaryl/α,β-unsaturated/α-hetero) is 1. The average molecular weight is 1200 g/mol. The highest BCUT2D eigenvalue weighted by atomic mass is 32.2. The van der Waals surface area contributed by atoms with Gasteiger partial charge >= 0.3 is 5.97 Å². The summed E-state index contributed by atoms with van der Waals surface area (Å²) in [6, 6.07) is 11.2. The SMILES string of the molecule is C.C=C(/C=C(/OCCC)O[Si](C)(C)C)O[Si](C)(C)C.CC(C)c1nc(N(C)S(C)(=O)=O)nc(-c2ccc(F)cc2)c1/C=C/C=O.CCCOC(=O)CC(=O)C[C@H](O)/C=C/c1c(-c2ccc(F)cc2)nc(N(C)S(C)(=O)=O)nc1C(C)C. The molecule has 0 aliphatic rings. The van der Waals surface area contributed by atoms with Crippen LogP contribution in [0.4, 0.5) is 20.7 Å². The first-order valence-electron chi connectivity index (χ1n) is 25.8. The summed E-state index contributed by atoms with van der Waals surface area (Å²) in [4.78, 5) is 52.2. The maximum Gasteiger partial charge on any atom is 0.313 e. The van der Waals surface area contributed by atoms with Crippen molar-refractivity contribution >= 4 is 78.8 Å². The molecule has 1 N–H and O–H groups in total. The van der Waals surface area contributed by atoms with Crippen molar-refractivity contribution in [3.8, 4) is 22.5 Å². The molecule has 2 aromatic carbocycles. The highest BCUT2D eigenvalue weighted by Gasteiger charge is 2.25. The van der Waals surface area contributed by atoms with Gasteiger partial charge in [-0.25, -0.2) is 54.2 Å². The second-order valence-corrected chi connectivity index (χ2v) is 33.8. The first kappa shape index (κ1) is 72.5. The number of aliphatic hydroxyl groups is 1. The van der Waals surface area contributed by atoms with E-state index in [0.717, 1.165) is 27.5 Å². The maximum atomic E-state index is 13.6. The maximum absolute atomic E-state index is 13.6. The van der Waals surface area contributed by atoms with E-state index in [9.17, 15) is 45.1 Å². The molecule has 0 bridgehead atoms. The summed E-state index contributed by atoms with van der Waals surface area (Å²) in [5.74, 6) is -1.08. The topological polar surface area (TPSA) is 235 Å². The van der Waals surface area contributed by atoms with Gasteiger partial charge in [-0.05, 0) is 125 Å². The molecule has 4 aromatic rings. The van der Waals surface area contributed by atoms with Crippen LogP contribution in [-0.2, 0) is 52.8 Å². The molecule has 18 nitrogen and oxygen atoms in total. The Labute approximate surface area is 481 Å². The number of aldehydes is 1. The summed E-state index contributed by atoms with van der Waals surface area (Å²) in [6.07, 6.45) is 9.98. The van der Waals surface area contributed by atoms with E-state index in [1.807, 2.05) is 34.6 Å². The Kier molecular flexibility index (Phi) is 29.4. The van der Waals surface area contributed by atoms with Crippen molar-refractivity contribution in [1.29, 1.82) is 0 Å². The number of benzene rings is 2. The summed E-state index contributed by atoms with van der Waals surface area (Å²) in [5, 5.41) is 10.4. The van der Waals surface area contributed by atoms with E-state index in [1.165, 1.54) is 62.6 Å². The molecule has 0 aliphatic heterocycles. The molecular weight excluding hydrogens is 1120 g/mol. The van der Waals surface area contributed by atoms with Gasteiger partial charge in [-0.15, -0.1) is 0 Å². The molecule has 81 heavy (non-hydrogen) atoms. The van der Waals surface area contributed by atoms with Crippen LogP contribution in [-0.4, -0.2) is 122 Å². The largest absolute Gasteiger partial charge is 0.545 e. The van der Waals surface area contributed by atoms with Crippen LogP contribution in [0.2, 0.25) is 39.3 Å². The molecule has 1 atom stereocenters. The standard InChI is InChI=1S/C25H32FN3O6S.C18H20FN3O3S.C13H28O3Si2.CH4/c1-6-13-35-22(32)15-20(31)14-19(30)11-12-21-23(16(2)3)27-25(29(4)36(5,33)34)28-24(21)17-7-9-18(26)10-8-17;1-12(2)16-15(6-5-11-23)17(13-7-9-14(19)10-8-13)21-18(20-16)22(3)26(4,24)25;1-9-10-14-13(16-18(6,7)8)11-12(2)15-17(3,4)5;/h7-12,16,19,30H,6,13-15H2,1-5H3;5-12H,1-4H3;11H,2,9-10H2,1,3-8H3;1H4/b12-11+;6-5+;13-11-;/t19-;;;/m1.../s1. The number of aliphatic hydroxyl groups excluding tert-OH is 1. The van der Waals surface area contributed by atoms with Crippen molar-refractivity contribution in [3.63, 3.8) is 0 Å². The molecule has 448 valence electrons. The van der Waals surface area contributed by atoms with Crippen LogP contribution < -0.4 is 8.61 Å². The minimum atomic E-state index is -3.66. The van der Waals surface area contributed by atoms with Gasteiger partial charge < -0.3 is 23.4 Å². The number of ketones is 1. The van der Waals surface area contributed by atoms with Crippen LogP contribution in [0.25, 0.3) is 34.7 Å². The second-order valence-electron chi connectivity index (χ2n) is 20.9. The number of ether oxygens (including phenoxy) is 2. The number of hydrogen-bond acceptors (Lipinski definition) is 16. The summed E-state index contributed by atoms with van der Waals surface area (Å²) in [7, 11) is -7.81. The molecule has 0 saturated heterocycles. The molecule has 0 unspecified atom stereocenters. The lowest BCUT2D eigenvalue weighted by molar-refractivity contribution is -0.146. The third-order valence-corrected chi connectivity index (χ3v) is 14.5. The number of aromatic nitrogens is 4. The Bertz CT molecular complexity index is 3060. The number of carbonyl (C=O) groups excluding carboxylic acids is 3. The zero-order valence-corrected chi connectivity index (χ0v) is 52.6. The number of hydrogen-bond donors (Lipinski definition) is 1. The van der Waals surface area contributed by atoms with Crippen LogP contribution in [0.15, 0.2) is 85.0 Å². The molecule has 0 aliphatic carbocycles. The lowest BCUT2D eigenvalue weighted by Crippen LogP contribution is -2.27. The van der Waals surface area contributed by atoms with E-state index in [2.05, 4.69) is 72.7 Å². The number of esters is 1. The highest BCUT2D eigenvalue weighted by Crippen LogP contribution is 2.33. The van der Waals surface area contributed by atoms with Gasteiger partial charge in [-0.2, -0.15) is 0 Å². The number of anilines is 2. The Balaban J connectivity index is 0.000000641. The lowest BCUT2D eigenvalue weighted by atomic mass is 9.97. The van der Waals surface area contributed by atoms with Gasteiger partial charge in [0.1, 0.15) is 35.9 Å². The molecule has 2 aromatic heterocycles. The van der Waals surface area contributed by atoms with Crippen molar-refractivity contribution in [2.75, 3.05) is 48.4 Å². The molecule has 2 heterocycles. The van der Waals surface area contributed by atoms with Crippen LogP contribution in [0.1, 0.15) is 109 Å². The molecule has 0 radical (unpaired) electrons. The van der Waals surface area contributed by atoms with Gasteiger partial charge in [-0.3, -0.25) is 14.4 Å². The summed E-state index contributed by atoms with van der Waals surface area (Å²) >= 11 is 0. The number of carbonyl (C=O) groups is 3. The predicted octanol–water partition coefficient (Wildman–Crippen LogP) is 11.6. The molecule has 24 heteroatoms. The van der Waals surface area contributed by atoms with Crippen molar-refractivity contribution in [2.24, 2.45) is 0 Å². The van der Waals surface area contributed by atoms with Crippen LogP contribution in [0.5, 0.6) is 0 Å². The molecule has 0 amide bonds. The number of nitrogens with zero attached hydrogens (tertiary/aromatic N) is 6. The van der Waals surface area contributed by atoms with E-state index < -0.39 is 72.6 Å². The van der Waals surface area contributed by atoms with Crippen LogP contribution in [0.3, 0.4) is 0 Å². The van der Waals surface area contributed by atoms with Crippen molar-refractivity contribution in [2.45, 2.75) is 132 Å². The van der Waals surface area contributed by atoms with E-state index in [4.69, 9.17) is 18.3 Å². The van der Waals surface area contributed by atoms with Crippen molar-refractivity contribution < 1.29 is 63.4 Å². The quantitative estimate of drug-likeness (QED) is 0.0117. The molecule has 0 fully saturated rings. The fourth-order valence-electron chi connectivity index (χ4n) is 6.70. The molecule has 0 spiro atoms. The smallest absolute Gasteiger partial charge is 0.313 e. The fraction of sp³-hybridized carbons (Fsp3) is 0.456. The molecule has 0 saturated carbocycles. The van der Waals surface area contributed by atoms with Gasteiger partial charge in [0.2, 0.25) is 48.6 Å². The Hall–Kier alpha value is -6.48. The minimum Gasteiger partial charge on any atom is -0.545 e. The van der Waals surface area contributed by atoms with Gasteiger partial charge in [0.25, 0.3) is 5.95 Å². The van der Waals surface area contributed by atoms with E-state index in [0.29, 0.717) is 76.0 Å². The molecular formula is C57H84F2N6O12S2Si2. The average Bonchev–Trinajstić information content (AvgIpc) is 3.35. The number of sulfonamides is 2. The first-order chi connectivity index (χ1) is 37.0. The Morgan fingerprint density at radius 3 is 1.47 bits per heavy atom. The van der Waals surface area contributed by atoms with E-state index >= 15 is 0 Å². The normalized spacial score (nSPS) is 12.4. The third-order valence-electron chi connectivity index (χ3n) is 10.5. The second kappa shape index (κ2) is 32.8. The first-order valence-corrected chi connectivity index (χ1v) is 36.3. The van der Waals surface area contributed by atoms with Gasteiger partial charge in [-0.1, -0.05) is 67.7 Å². The Morgan fingerprint density at radius 2 is 1.10 bits per heavy atom. The monoisotopic (exact) mass is 1200 g/mol. The van der Waals surface area contributed by atoms with Crippen molar-refractivity contribution in [3.05, 3.63) is 119 Å².